The third kappa shape index (κ3) is 5.08. The monoisotopic (exact) mass is 477 g/mol. The predicted molar refractivity (Wildman–Crippen MR) is 128 cm³/mol. The summed E-state index contributed by atoms with van der Waals surface area (Å²) in [5.41, 5.74) is 1.54. The molecule has 1 saturated heterocycles. The van der Waals surface area contributed by atoms with E-state index in [1.54, 1.807) is 42.5 Å². The van der Waals surface area contributed by atoms with Gasteiger partial charge in [-0.05, 0) is 60.5 Å². The molecule has 2 amide bonds. The zero-order valence-corrected chi connectivity index (χ0v) is 18.7. The Morgan fingerprint density at radius 2 is 1.82 bits per heavy atom. The lowest BCUT2D eigenvalue weighted by atomic mass is 10.1. The summed E-state index contributed by atoms with van der Waals surface area (Å²) >= 11 is 7.22. The van der Waals surface area contributed by atoms with E-state index in [1.165, 1.54) is 29.2 Å². The molecule has 1 atom stereocenters. The van der Waals surface area contributed by atoms with Gasteiger partial charge in [0, 0.05) is 16.4 Å². The van der Waals surface area contributed by atoms with Gasteiger partial charge in [-0.25, -0.2) is 4.39 Å². The van der Waals surface area contributed by atoms with E-state index in [4.69, 9.17) is 11.6 Å². The van der Waals surface area contributed by atoms with Crippen LogP contribution in [0.4, 0.5) is 15.8 Å². The van der Waals surface area contributed by atoms with Crippen molar-refractivity contribution in [3.8, 4) is 6.07 Å². The van der Waals surface area contributed by atoms with E-state index >= 15 is 0 Å². The standard InChI is InChI=1S/C25H17ClFN3O2S/c26-17-6-4-5-16(13-17)14-22-24(32)30(20-11-9-18(27)10-12-20)25(33-22)21(15-28)23(31)29-19-7-2-1-3-8-19/h1-13,22H,14H2,(H,29,31)/b25-21-/t22-/m0/s1. The Morgan fingerprint density at radius 3 is 2.48 bits per heavy atom. The zero-order chi connectivity index (χ0) is 23.4. The molecule has 4 rings (SSSR count). The normalized spacial score (nSPS) is 16.9. The van der Waals surface area contributed by atoms with Gasteiger partial charge in [0.15, 0.2) is 0 Å². The molecule has 1 aliphatic heterocycles. The summed E-state index contributed by atoms with van der Waals surface area (Å²) in [5, 5.41) is 12.7. The third-order valence-corrected chi connectivity index (χ3v) is 6.43. The van der Waals surface area contributed by atoms with Crippen LogP contribution in [0.15, 0.2) is 89.5 Å². The number of nitriles is 1. The molecule has 5 nitrogen and oxygen atoms in total. The van der Waals surface area contributed by atoms with Crippen molar-refractivity contribution in [1.29, 1.82) is 5.26 Å². The number of rotatable bonds is 5. The van der Waals surface area contributed by atoms with E-state index in [0.717, 1.165) is 17.3 Å². The Balaban J connectivity index is 1.73. The number of carbonyl (C=O) groups excluding carboxylic acids is 2. The van der Waals surface area contributed by atoms with Crippen molar-refractivity contribution in [1.82, 2.24) is 0 Å². The van der Waals surface area contributed by atoms with Crippen molar-refractivity contribution in [2.24, 2.45) is 0 Å². The Labute approximate surface area is 199 Å². The molecule has 0 radical (unpaired) electrons. The van der Waals surface area contributed by atoms with Gasteiger partial charge in [0.25, 0.3) is 5.91 Å². The van der Waals surface area contributed by atoms with Crippen LogP contribution >= 0.6 is 23.4 Å². The van der Waals surface area contributed by atoms with Crippen LogP contribution in [0.1, 0.15) is 5.56 Å². The first-order chi connectivity index (χ1) is 16.0. The highest BCUT2D eigenvalue weighted by atomic mass is 35.5. The maximum atomic E-state index is 13.5. The summed E-state index contributed by atoms with van der Waals surface area (Å²) in [4.78, 5) is 27.7. The molecule has 0 spiro atoms. The van der Waals surface area contributed by atoms with Gasteiger partial charge in [0.2, 0.25) is 5.91 Å². The van der Waals surface area contributed by atoms with E-state index in [-0.39, 0.29) is 16.5 Å². The minimum absolute atomic E-state index is 0.199. The molecular formula is C25H17ClFN3O2S. The lowest BCUT2D eigenvalue weighted by molar-refractivity contribution is -0.117. The van der Waals surface area contributed by atoms with Crippen molar-refractivity contribution in [3.63, 3.8) is 0 Å². The van der Waals surface area contributed by atoms with E-state index in [9.17, 15) is 19.2 Å². The van der Waals surface area contributed by atoms with Crippen molar-refractivity contribution >= 4 is 46.6 Å². The van der Waals surface area contributed by atoms with Crippen LogP contribution in [0.2, 0.25) is 5.02 Å². The summed E-state index contributed by atoms with van der Waals surface area (Å²) in [6.07, 6.45) is 0.351. The second-order valence-corrected chi connectivity index (χ2v) is 8.83. The molecule has 1 heterocycles. The molecule has 1 aliphatic rings. The Hall–Kier alpha value is -3.60. The largest absolute Gasteiger partial charge is 0.321 e. The second kappa shape index (κ2) is 9.90. The number of hydrogen-bond donors (Lipinski definition) is 1. The highest BCUT2D eigenvalue weighted by Gasteiger charge is 2.40. The van der Waals surface area contributed by atoms with Gasteiger partial charge in [0.1, 0.15) is 22.5 Å². The van der Waals surface area contributed by atoms with E-state index < -0.39 is 17.0 Å². The Bertz CT molecular complexity index is 1270. The molecule has 3 aromatic rings. The van der Waals surface area contributed by atoms with Gasteiger partial charge in [-0.15, -0.1) is 0 Å². The van der Waals surface area contributed by atoms with Crippen molar-refractivity contribution in [3.05, 3.63) is 106 Å². The Morgan fingerprint density at radius 1 is 1.09 bits per heavy atom. The van der Waals surface area contributed by atoms with E-state index in [2.05, 4.69) is 5.32 Å². The fraction of sp³-hybridized carbons (Fsp3) is 0.0800. The van der Waals surface area contributed by atoms with Crippen LogP contribution in [-0.2, 0) is 16.0 Å². The first-order valence-corrected chi connectivity index (χ1v) is 11.2. The fourth-order valence-electron chi connectivity index (χ4n) is 3.41. The maximum absolute atomic E-state index is 13.5. The number of benzene rings is 3. The van der Waals surface area contributed by atoms with Gasteiger partial charge in [-0.1, -0.05) is 53.7 Å². The molecule has 0 saturated carbocycles. The molecule has 3 aromatic carbocycles. The minimum atomic E-state index is -0.630. The number of nitrogens with zero attached hydrogens (tertiary/aromatic N) is 2. The first kappa shape index (κ1) is 22.6. The van der Waals surface area contributed by atoms with Gasteiger partial charge in [0.05, 0.1) is 5.25 Å². The number of nitrogens with one attached hydrogen (secondary N) is 1. The summed E-state index contributed by atoms with van der Waals surface area (Å²) in [6, 6.07) is 23.2. The van der Waals surface area contributed by atoms with Crippen molar-refractivity contribution in [2.45, 2.75) is 11.7 Å². The van der Waals surface area contributed by atoms with Crippen LogP contribution in [0.25, 0.3) is 0 Å². The molecule has 33 heavy (non-hydrogen) atoms. The summed E-state index contributed by atoms with van der Waals surface area (Å²) in [7, 11) is 0. The van der Waals surface area contributed by atoms with E-state index in [0.29, 0.717) is 22.8 Å². The third-order valence-electron chi connectivity index (χ3n) is 4.93. The quantitative estimate of drug-likeness (QED) is 0.386. The van der Waals surface area contributed by atoms with Crippen LogP contribution in [0.3, 0.4) is 0 Å². The molecular weight excluding hydrogens is 461 g/mol. The van der Waals surface area contributed by atoms with Crippen molar-refractivity contribution in [2.75, 3.05) is 10.2 Å². The number of anilines is 2. The van der Waals surface area contributed by atoms with Gasteiger partial charge >= 0.3 is 0 Å². The molecule has 0 unspecified atom stereocenters. The van der Waals surface area contributed by atoms with Crippen LogP contribution in [-0.4, -0.2) is 17.1 Å². The average Bonchev–Trinajstić information content (AvgIpc) is 3.11. The number of thioether (sulfide) groups is 1. The van der Waals surface area contributed by atoms with Crippen LogP contribution in [0, 0.1) is 17.1 Å². The lowest BCUT2D eigenvalue weighted by Crippen LogP contribution is -2.30. The fourth-order valence-corrected chi connectivity index (χ4v) is 4.93. The number of para-hydroxylation sites is 1. The number of carbonyl (C=O) groups is 2. The molecule has 1 N–H and O–H groups in total. The van der Waals surface area contributed by atoms with Gasteiger partial charge in [-0.2, -0.15) is 5.26 Å². The molecule has 0 aliphatic carbocycles. The summed E-state index contributed by atoms with van der Waals surface area (Å²) in [6.45, 7) is 0. The van der Waals surface area contributed by atoms with Crippen LogP contribution in [0.5, 0.6) is 0 Å². The Kier molecular flexibility index (Phi) is 6.78. The molecule has 0 bridgehead atoms. The van der Waals surface area contributed by atoms with Gasteiger partial charge < -0.3 is 5.32 Å². The van der Waals surface area contributed by atoms with Gasteiger partial charge in [-0.3, -0.25) is 14.5 Å². The molecule has 1 fully saturated rings. The molecule has 164 valence electrons. The minimum Gasteiger partial charge on any atom is -0.321 e. The highest BCUT2D eigenvalue weighted by molar-refractivity contribution is 8.05. The second-order valence-electron chi connectivity index (χ2n) is 7.20. The van der Waals surface area contributed by atoms with Crippen molar-refractivity contribution < 1.29 is 14.0 Å². The zero-order valence-electron chi connectivity index (χ0n) is 17.2. The average molecular weight is 478 g/mol. The summed E-state index contributed by atoms with van der Waals surface area (Å²) in [5.74, 6) is -1.39. The smallest absolute Gasteiger partial charge is 0.269 e. The number of amides is 2. The van der Waals surface area contributed by atoms with E-state index in [1.807, 2.05) is 18.2 Å². The lowest BCUT2D eigenvalue weighted by Gasteiger charge is -2.18. The topological polar surface area (TPSA) is 73.2 Å². The predicted octanol–water partition coefficient (Wildman–Crippen LogP) is 5.54. The molecule has 0 aromatic heterocycles. The maximum Gasteiger partial charge on any atom is 0.269 e. The highest BCUT2D eigenvalue weighted by Crippen LogP contribution is 2.42. The summed E-state index contributed by atoms with van der Waals surface area (Å²) < 4.78 is 13.5. The SMILES string of the molecule is N#C/C(C(=O)Nc1ccccc1)=C1/S[C@@H](Cc2cccc(Cl)c2)C(=O)N1c1ccc(F)cc1. The number of hydrogen-bond acceptors (Lipinski definition) is 4. The molecule has 8 heteroatoms. The van der Waals surface area contributed by atoms with Crippen LogP contribution < -0.4 is 10.2 Å². The first-order valence-electron chi connectivity index (χ1n) is 9.97. The number of halogens is 2.